The van der Waals surface area contributed by atoms with Gasteiger partial charge in [-0.2, -0.15) is 15.8 Å². The lowest BCUT2D eigenvalue weighted by Crippen LogP contribution is -2.39. The summed E-state index contributed by atoms with van der Waals surface area (Å²) in [5.74, 6) is 0. The molecular formula is C32H29FN10. The Hall–Kier alpha value is -5.44. The molecule has 43 heavy (non-hydrogen) atoms. The van der Waals surface area contributed by atoms with Crippen molar-refractivity contribution >= 4 is 33.1 Å². The SMILES string of the molecule is CC(C)(C)CNc1c(C#N)cnc2c(C#N)cc(N[C@H](C3=CN([C@@H]4C[C@@H]4F)NN3)c3ccc(C#N)c4cnccc34)cc12. The van der Waals surface area contributed by atoms with E-state index in [4.69, 9.17) is 0 Å². The van der Waals surface area contributed by atoms with Crippen LogP contribution in [0.25, 0.3) is 21.7 Å². The second kappa shape index (κ2) is 10.8. The Morgan fingerprint density at radius 2 is 1.79 bits per heavy atom. The van der Waals surface area contributed by atoms with Gasteiger partial charge in [-0.3, -0.25) is 15.0 Å². The molecule has 0 saturated heterocycles. The van der Waals surface area contributed by atoms with Crippen LogP contribution in [0.1, 0.15) is 55.5 Å². The topological polar surface area (TPSA) is 149 Å². The van der Waals surface area contributed by atoms with E-state index in [1.807, 2.05) is 24.4 Å². The zero-order chi connectivity index (χ0) is 30.3. The van der Waals surface area contributed by atoms with Crippen molar-refractivity contribution in [2.75, 3.05) is 17.2 Å². The number of anilines is 2. The average Bonchev–Trinajstić information content (AvgIpc) is 3.53. The Morgan fingerprint density at radius 3 is 2.49 bits per heavy atom. The van der Waals surface area contributed by atoms with Gasteiger partial charge in [0.15, 0.2) is 0 Å². The molecule has 0 amide bonds. The second-order valence-corrected chi connectivity index (χ2v) is 12.0. The maximum Gasteiger partial charge on any atom is 0.124 e. The van der Waals surface area contributed by atoms with E-state index in [0.717, 1.165) is 16.6 Å². The lowest BCUT2D eigenvalue weighted by atomic mass is 9.94. The van der Waals surface area contributed by atoms with Crippen molar-refractivity contribution < 1.29 is 4.39 Å². The number of fused-ring (bicyclic) bond motifs is 2. The lowest BCUT2D eigenvalue weighted by molar-refractivity contribution is 0.236. The van der Waals surface area contributed by atoms with Crippen LogP contribution in [0, 0.1) is 39.4 Å². The third-order valence-electron chi connectivity index (χ3n) is 7.56. The number of nitrogens with one attached hydrogen (secondary N) is 4. The highest BCUT2D eigenvalue weighted by atomic mass is 19.1. The first kappa shape index (κ1) is 27.7. The van der Waals surface area contributed by atoms with Gasteiger partial charge in [-0.25, -0.2) is 4.39 Å². The summed E-state index contributed by atoms with van der Waals surface area (Å²) >= 11 is 0. The molecule has 11 heteroatoms. The van der Waals surface area contributed by atoms with Gasteiger partial charge in [-0.15, -0.1) is 5.53 Å². The van der Waals surface area contributed by atoms with Gasteiger partial charge in [0, 0.05) is 54.2 Å². The third kappa shape index (κ3) is 5.32. The third-order valence-corrected chi connectivity index (χ3v) is 7.56. The molecule has 2 aromatic carbocycles. The van der Waals surface area contributed by atoms with Crippen LogP contribution in [-0.2, 0) is 0 Å². The van der Waals surface area contributed by atoms with E-state index in [-0.39, 0.29) is 11.5 Å². The van der Waals surface area contributed by atoms with E-state index in [2.05, 4.69) is 70.5 Å². The highest BCUT2D eigenvalue weighted by Crippen LogP contribution is 2.38. The number of rotatable bonds is 7. The number of pyridine rings is 2. The van der Waals surface area contributed by atoms with E-state index in [9.17, 15) is 20.2 Å². The summed E-state index contributed by atoms with van der Waals surface area (Å²) in [6.07, 6.45) is 6.21. The van der Waals surface area contributed by atoms with Gasteiger partial charge in [0.05, 0.1) is 51.7 Å². The number of aromatic nitrogens is 2. The summed E-state index contributed by atoms with van der Waals surface area (Å²) in [5, 5.41) is 40.6. The lowest BCUT2D eigenvalue weighted by Gasteiger charge is -2.24. The minimum absolute atomic E-state index is 0.0630. The number of nitrogens with zero attached hydrogens (tertiary/aromatic N) is 6. The molecule has 10 nitrogen and oxygen atoms in total. The second-order valence-electron chi connectivity index (χ2n) is 12.0. The number of hydrogen-bond donors (Lipinski definition) is 4. The molecule has 3 atom stereocenters. The van der Waals surface area contributed by atoms with Gasteiger partial charge < -0.3 is 16.1 Å². The Kier molecular flexibility index (Phi) is 6.93. The van der Waals surface area contributed by atoms with Crippen LogP contribution in [0.4, 0.5) is 15.8 Å². The fraction of sp³-hybridized carbons (Fsp3) is 0.281. The molecule has 6 rings (SSSR count). The molecule has 1 saturated carbocycles. The van der Waals surface area contributed by atoms with Crippen LogP contribution < -0.4 is 21.6 Å². The summed E-state index contributed by atoms with van der Waals surface area (Å²) in [6.45, 7) is 6.88. The fourth-order valence-corrected chi connectivity index (χ4v) is 5.26. The van der Waals surface area contributed by atoms with Crippen molar-refractivity contribution in [3.63, 3.8) is 0 Å². The summed E-state index contributed by atoms with van der Waals surface area (Å²) in [4.78, 5) is 8.69. The van der Waals surface area contributed by atoms with Crippen molar-refractivity contribution in [3.8, 4) is 18.2 Å². The largest absolute Gasteiger partial charge is 0.383 e. The summed E-state index contributed by atoms with van der Waals surface area (Å²) in [6, 6.07) is 15.1. The molecule has 1 aliphatic heterocycles. The normalized spacial score (nSPS) is 18.3. The minimum Gasteiger partial charge on any atom is -0.383 e. The fourth-order valence-electron chi connectivity index (χ4n) is 5.26. The van der Waals surface area contributed by atoms with Gasteiger partial charge in [-0.05, 0) is 40.6 Å². The predicted molar refractivity (Wildman–Crippen MR) is 161 cm³/mol. The maximum absolute atomic E-state index is 13.9. The summed E-state index contributed by atoms with van der Waals surface area (Å²) in [5.41, 5.74) is 10.7. The number of nitriles is 3. The number of benzene rings is 2. The summed E-state index contributed by atoms with van der Waals surface area (Å²) in [7, 11) is 0. The standard InChI is InChI=1S/C32H29FN10/c1-32(2,3)17-39-30-20(13-36)14-38-29-19(12-35)8-21(9-24(29)30)40-31(27-16-43(42-41-27)28-10-26(28)33)23-5-4-18(11-34)25-15-37-7-6-22(23)25/h4-9,14-16,26,28,31,40-42H,10,17H2,1-3H3,(H,38,39)/t26-,28+,31-/m0/s1. The minimum atomic E-state index is -0.905. The molecule has 0 bridgehead atoms. The number of hydrogen-bond acceptors (Lipinski definition) is 10. The van der Waals surface area contributed by atoms with Crippen molar-refractivity contribution in [2.45, 2.75) is 45.4 Å². The molecule has 214 valence electrons. The number of halogens is 1. The zero-order valence-electron chi connectivity index (χ0n) is 23.9. The molecule has 0 unspecified atom stereocenters. The van der Waals surface area contributed by atoms with E-state index in [1.165, 1.54) is 6.20 Å². The summed E-state index contributed by atoms with van der Waals surface area (Å²) < 4.78 is 13.9. The first-order chi connectivity index (χ1) is 20.7. The molecule has 4 aromatic rings. The van der Waals surface area contributed by atoms with Crippen molar-refractivity contribution in [1.29, 1.82) is 15.8 Å². The van der Waals surface area contributed by atoms with Crippen molar-refractivity contribution in [1.82, 2.24) is 25.9 Å². The van der Waals surface area contributed by atoms with Crippen LogP contribution in [0.3, 0.4) is 0 Å². The molecular weight excluding hydrogens is 543 g/mol. The van der Waals surface area contributed by atoms with E-state index in [0.29, 0.717) is 57.3 Å². The van der Waals surface area contributed by atoms with E-state index >= 15 is 0 Å². The molecule has 3 heterocycles. The number of hydrazine groups is 2. The van der Waals surface area contributed by atoms with Crippen LogP contribution in [0.2, 0.25) is 0 Å². The molecule has 1 fully saturated rings. The Bertz CT molecular complexity index is 1910. The highest BCUT2D eigenvalue weighted by Gasteiger charge is 2.43. The van der Waals surface area contributed by atoms with Gasteiger partial charge in [-0.1, -0.05) is 26.8 Å². The van der Waals surface area contributed by atoms with Crippen LogP contribution in [0.5, 0.6) is 0 Å². The first-order valence-corrected chi connectivity index (χ1v) is 13.9. The monoisotopic (exact) mass is 572 g/mol. The van der Waals surface area contributed by atoms with E-state index in [1.54, 1.807) is 29.5 Å². The van der Waals surface area contributed by atoms with Crippen LogP contribution >= 0.6 is 0 Å². The van der Waals surface area contributed by atoms with Crippen LogP contribution in [-0.4, -0.2) is 33.7 Å². The van der Waals surface area contributed by atoms with Gasteiger partial charge in [0.1, 0.15) is 18.3 Å². The number of alkyl halides is 1. The maximum atomic E-state index is 13.9. The predicted octanol–water partition coefficient (Wildman–Crippen LogP) is 5.29. The molecule has 0 radical (unpaired) electrons. The molecule has 2 aromatic heterocycles. The Labute approximate surface area is 248 Å². The molecule has 4 N–H and O–H groups in total. The smallest absolute Gasteiger partial charge is 0.124 e. The van der Waals surface area contributed by atoms with Gasteiger partial charge in [0.25, 0.3) is 0 Å². The van der Waals surface area contributed by atoms with Gasteiger partial charge in [0.2, 0.25) is 0 Å². The Balaban J connectivity index is 1.50. The first-order valence-electron chi connectivity index (χ1n) is 13.9. The quantitative estimate of drug-likeness (QED) is 0.230. The van der Waals surface area contributed by atoms with Crippen LogP contribution in [0.15, 0.2) is 60.8 Å². The van der Waals surface area contributed by atoms with Crippen molar-refractivity contribution in [3.05, 3.63) is 83.1 Å². The van der Waals surface area contributed by atoms with Crippen molar-refractivity contribution in [2.24, 2.45) is 5.41 Å². The molecule has 2 aliphatic rings. The molecule has 1 aliphatic carbocycles. The average molecular weight is 573 g/mol. The molecule has 0 spiro atoms. The Morgan fingerprint density at radius 1 is 1.02 bits per heavy atom. The highest BCUT2D eigenvalue weighted by molar-refractivity contribution is 5.99. The van der Waals surface area contributed by atoms with Gasteiger partial charge >= 0.3 is 0 Å². The van der Waals surface area contributed by atoms with E-state index < -0.39 is 12.2 Å². The zero-order valence-corrected chi connectivity index (χ0v) is 23.9.